The highest BCUT2D eigenvalue weighted by molar-refractivity contribution is 7.10. The summed E-state index contributed by atoms with van der Waals surface area (Å²) in [5.74, 6) is -0.864. The molecule has 5 rings (SSSR count). The van der Waals surface area contributed by atoms with Crippen molar-refractivity contribution in [2.24, 2.45) is 0 Å². The molecule has 0 saturated heterocycles. The Hall–Kier alpha value is -3.77. The Morgan fingerprint density at radius 3 is 2.63 bits per heavy atom. The lowest BCUT2D eigenvalue weighted by molar-refractivity contribution is -0.123. The number of pyridine rings is 1. The van der Waals surface area contributed by atoms with Crippen molar-refractivity contribution in [1.29, 1.82) is 0 Å². The number of ether oxygens (including phenoxy) is 1. The van der Waals surface area contributed by atoms with Gasteiger partial charge in [0.2, 0.25) is 0 Å². The molecule has 1 amide bonds. The number of fused-ring (bicyclic) bond motifs is 2. The number of anilines is 1. The molecule has 1 aliphatic rings. The number of aromatic nitrogens is 1. The van der Waals surface area contributed by atoms with Crippen molar-refractivity contribution in [1.82, 2.24) is 4.98 Å². The van der Waals surface area contributed by atoms with Crippen LogP contribution in [0.3, 0.4) is 0 Å². The number of carbonyl (C=O) groups excluding carboxylic acids is 2. The second-order valence-electron chi connectivity index (χ2n) is 8.60. The van der Waals surface area contributed by atoms with E-state index in [1.54, 1.807) is 18.3 Å². The molecule has 1 atom stereocenters. The van der Waals surface area contributed by atoms with E-state index in [1.807, 2.05) is 60.0 Å². The normalized spacial score (nSPS) is 14.6. The number of esters is 1. The van der Waals surface area contributed by atoms with Crippen molar-refractivity contribution in [2.75, 3.05) is 5.32 Å². The van der Waals surface area contributed by atoms with Gasteiger partial charge < -0.3 is 10.1 Å². The maximum Gasteiger partial charge on any atom is 0.339 e. The molecule has 0 radical (unpaired) electrons. The first-order chi connectivity index (χ1) is 17.0. The molecule has 2 aromatic heterocycles. The van der Waals surface area contributed by atoms with E-state index in [4.69, 9.17) is 9.72 Å². The molecule has 6 heteroatoms. The molecular weight excluding hydrogens is 456 g/mol. The number of benzene rings is 2. The van der Waals surface area contributed by atoms with Crippen LogP contribution >= 0.6 is 11.3 Å². The van der Waals surface area contributed by atoms with Gasteiger partial charge in [-0.2, -0.15) is 0 Å². The zero-order valence-corrected chi connectivity index (χ0v) is 20.5. The summed E-state index contributed by atoms with van der Waals surface area (Å²) in [7, 11) is 0. The zero-order chi connectivity index (χ0) is 24.4. The number of hydrogen-bond donors (Lipinski definition) is 1. The lowest BCUT2D eigenvalue weighted by Gasteiger charge is -2.16. The van der Waals surface area contributed by atoms with Gasteiger partial charge in [-0.05, 0) is 78.6 Å². The average molecular weight is 483 g/mol. The standard InChI is InChI=1S/C29H26N2O3S/c1-3-19-10-13-21(14-11-19)30-28(32)18(2)34-29(33)26-23-8-4-5-9-25(23)31-27-20(12-15-24(26)27)17-22-7-6-16-35-22/h4-11,13-14,16-18H,3,12,15H2,1-2H3,(H,30,32)/b20-17-/t18-/m0/s1. The van der Waals surface area contributed by atoms with Gasteiger partial charge in [0, 0.05) is 16.0 Å². The van der Waals surface area contributed by atoms with Crippen molar-refractivity contribution >= 4 is 51.5 Å². The van der Waals surface area contributed by atoms with Gasteiger partial charge >= 0.3 is 5.97 Å². The first kappa shape index (κ1) is 23.0. The molecular formula is C29H26N2O3S. The highest BCUT2D eigenvalue weighted by atomic mass is 32.1. The van der Waals surface area contributed by atoms with Crippen molar-refractivity contribution < 1.29 is 14.3 Å². The number of aryl methyl sites for hydroxylation is 1. The summed E-state index contributed by atoms with van der Waals surface area (Å²) in [6.07, 6.45) is 3.64. The summed E-state index contributed by atoms with van der Waals surface area (Å²) >= 11 is 1.67. The number of rotatable bonds is 6. The van der Waals surface area contributed by atoms with E-state index in [9.17, 15) is 9.59 Å². The van der Waals surface area contributed by atoms with Crippen molar-refractivity contribution in [2.45, 2.75) is 39.2 Å². The predicted octanol–water partition coefficient (Wildman–Crippen LogP) is 6.53. The third-order valence-corrected chi connectivity index (χ3v) is 7.11. The van der Waals surface area contributed by atoms with Crippen LogP contribution in [0.1, 0.15) is 52.3 Å². The van der Waals surface area contributed by atoms with E-state index in [-0.39, 0.29) is 5.91 Å². The van der Waals surface area contributed by atoms with E-state index < -0.39 is 12.1 Å². The molecule has 0 saturated carbocycles. The molecule has 1 aliphatic carbocycles. The number of nitrogens with one attached hydrogen (secondary N) is 1. The predicted molar refractivity (Wildman–Crippen MR) is 142 cm³/mol. The molecule has 2 aromatic carbocycles. The van der Waals surface area contributed by atoms with Crippen LogP contribution < -0.4 is 5.32 Å². The first-order valence-electron chi connectivity index (χ1n) is 11.8. The van der Waals surface area contributed by atoms with Gasteiger partial charge in [-0.25, -0.2) is 9.78 Å². The number of amides is 1. The summed E-state index contributed by atoms with van der Waals surface area (Å²) < 4.78 is 5.69. The molecule has 1 N–H and O–H groups in total. The Bertz CT molecular complexity index is 1420. The molecule has 5 nitrogen and oxygen atoms in total. The van der Waals surface area contributed by atoms with Gasteiger partial charge in [-0.1, -0.05) is 43.3 Å². The minimum absolute atomic E-state index is 0.365. The minimum atomic E-state index is -0.946. The lowest BCUT2D eigenvalue weighted by atomic mass is 10.0. The summed E-state index contributed by atoms with van der Waals surface area (Å²) in [5, 5.41) is 5.63. The van der Waals surface area contributed by atoms with Crippen molar-refractivity contribution in [3.05, 3.63) is 93.3 Å². The van der Waals surface area contributed by atoms with E-state index in [0.29, 0.717) is 17.7 Å². The topological polar surface area (TPSA) is 68.3 Å². The van der Waals surface area contributed by atoms with Gasteiger partial charge in [0.15, 0.2) is 6.10 Å². The first-order valence-corrected chi connectivity index (χ1v) is 12.7. The smallest absolute Gasteiger partial charge is 0.339 e. The third kappa shape index (κ3) is 4.75. The highest BCUT2D eigenvalue weighted by Gasteiger charge is 2.29. The molecule has 0 unspecified atom stereocenters. The van der Waals surface area contributed by atoms with Crippen LogP contribution in [0.2, 0.25) is 0 Å². The van der Waals surface area contributed by atoms with Crippen LogP contribution in [-0.2, 0) is 22.4 Å². The van der Waals surface area contributed by atoms with Gasteiger partial charge in [-0.15, -0.1) is 11.3 Å². The maximum atomic E-state index is 13.4. The molecule has 176 valence electrons. The SMILES string of the molecule is CCc1ccc(NC(=O)[C@H](C)OC(=O)c2c3c(nc4ccccc24)/C(=C\c2cccs2)CC3)cc1. The Balaban J connectivity index is 1.43. The van der Waals surface area contributed by atoms with E-state index in [1.165, 1.54) is 5.56 Å². The van der Waals surface area contributed by atoms with Crippen LogP contribution in [0.25, 0.3) is 22.6 Å². The third-order valence-electron chi connectivity index (χ3n) is 6.29. The van der Waals surface area contributed by atoms with Gasteiger partial charge in [0.1, 0.15) is 0 Å². The summed E-state index contributed by atoms with van der Waals surface area (Å²) in [5.41, 5.74) is 5.96. The average Bonchev–Trinajstić information content (AvgIpc) is 3.53. The number of para-hydroxylation sites is 1. The quantitative estimate of drug-likeness (QED) is 0.317. The monoisotopic (exact) mass is 482 g/mol. The summed E-state index contributed by atoms with van der Waals surface area (Å²) in [6, 6.07) is 19.3. The molecule has 2 heterocycles. The fraction of sp³-hybridized carbons (Fsp3) is 0.207. The Morgan fingerprint density at radius 2 is 1.89 bits per heavy atom. The van der Waals surface area contributed by atoms with E-state index in [2.05, 4.69) is 24.4 Å². The van der Waals surface area contributed by atoms with Gasteiger partial charge in [0.25, 0.3) is 5.91 Å². The zero-order valence-electron chi connectivity index (χ0n) is 19.7. The van der Waals surface area contributed by atoms with Gasteiger partial charge in [0.05, 0.1) is 16.8 Å². The number of nitrogens with zero attached hydrogens (tertiary/aromatic N) is 1. The lowest BCUT2D eigenvalue weighted by Crippen LogP contribution is -2.30. The fourth-order valence-corrected chi connectivity index (χ4v) is 5.08. The fourth-order valence-electron chi connectivity index (χ4n) is 4.40. The highest BCUT2D eigenvalue weighted by Crippen LogP contribution is 2.38. The number of carbonyl (C=O) groups is 2. The molecule has 0 bridgehead atoms. The Labute approximate surface area is 208 Å². The van der Waals surface area contributed by atoms with Crippen molar-refractivity contribution in [3.8, 4) is 0 Å². The Kier molecular flexibility index (Phi) is 6.47. The molecule has 35 heavy (non-hydrogen) atoms. The second kappa shape index (κ2) is 9.84. The van der Waals surface area contributed by atoms with Crippen LogP contribution in [0.4, 0.5) is 5.69 Å². The molecule has 0 fully saturated rings. The maximum absolute atomic E-state index is 13.4. The van der Waals surface area contributed by atoms with E-state index >= 15 is 0 Å². The Morgan fingerprint density at radius 1 is 1.09 bits per heavy atom. The molecule has 4 aromatic rings. The second-order valence-corrected chi connectivity index (χ2v) is 9.58. The van der Waals surface area contributed by atoms with Crippen LogP contribution in [0.15, 0.2) is 66.0 Å². The van der Waals surface area contributed by atoms with E-state index in [0.717, 1.165) is 45.5 Å². The van der Waals surface area contributed by atoms with Crippen LogP contribution in [0.5, 0.6) is 0 Å². The van der Waals surface area contributed by atoms with Crippen LogP contribution in [-0.4, -0.2) is 23.0 Å². The minimum Gasteiger partial charge on any atom is -0.449 e. The van der Waals surface area contributed by atoms with Crippen molar-refractivity contribution in [3.63, 3.8) is 0 Å². The molecule has 0 spiro atoms. The summed E-state index contributed by atoms with van der Waals surface area (Å²) in [4.78, 5) is 32.2. The van der Waals surface area contributed by atoms with Crippen LogP contribution in [0, 0.1) is 0 Å². The number of allylic oxidation sites excluding steroid dienone is 1. The largest absolute Gasteiger partial charge is 0.449 e. The number of thiophene rings is 1. The summed E-state index contributed by atoms with van der Waals surface area (Å²) in [6.45, 7) is 3.68. The van der Waals surface area contributed by atoms with Gasteiger partial charge in [-0.3, -0.25) is 4.79 Å². The number of hydrogen-bond acceptors (Lipinski definition) is 5. The molecule has 0 aliphatic heterocycles.